The van der Waals surface area contributed by atoms with Crippen molar-refractivity contribution in [1.29, 1.82) is 0 Å². The number of aliphatic hydroxyl groups excluding tert-OH is 2. The largest absolute Gasteiger partial charge is 0.462 e. The Kier molecular flexibility index (Phi) is 11.2. The number of rotatable bonds is 13. The van der Waals surface area contributed by atoms with Crippen LogP contribution in [0.15, 0.2) is 65.3 Å². The number of anilines is 1. The van der Waals surface area contributed by atoms with E-state index in [9.17, 15) is 24.3 Å². The van der Waals surface area contributed by atoms with Gasteiger partial charge in [-0.05, 0) is 56.7 Å². The van der Waals surface area contributed by atoms with E-state index in [0.717, 1.165) is 17.3 Å². The first-order valence-electron chi connectivity index (χ1n) is 12.7. The topological polar surface area (TPSA) is 152 Å². The molecule has 3 rings (SSSR count). The van der Waals surface area contributed by atoms with Crippen LogP contribution < -0.4 is 5.01 Å². The van der Waals surface area contributed by atoms with Crippen molar-refractivity contribution < 1.29 is 43.6 Å². The number of benzene rings is 2. The van der Waals surface area contributed by atoms with E-state index >= 15 is 0 Å². The van der Waals surface area contributed by atoms with Crippen LogP contribution in [0, 0.1) is 5.41 Å². The molecule has 1 atom stereocenters. The number of carbonyl (C=O) groups excluding carboxylic acids is 4. The van der Waals surface area contributed by atoms with Crippen molar-refractivity contribution in [3.05, 3.63) is 71.3 Å². The highest BCUT2D eigenvalue weighted by Gasteiger charge is 2.31. The number of hydrogen-bond donors (Lipinski definition) is 2. The molecule has 11 nitrogen and oxygen atoms in total. The number of nitrogens with zero attached hydrogens (tertiary/aromatic N) is 2. The minimum atomic E-state index is -1.25. The van der Waals surface area contributed by atoms with E-state index in [2.05, 4.69) is 9.84 Å². The van der Waals surface area contributed by atoms with Crippen molar-refractivity contribution >= 4 is 53.1 Å². The van der Waals surface area contributed by atoms with E-state index in [-0.39, 0.29) is 29.6 Å². The summed E-state index contributed by atoms with van der Waals surface area (Å²) in [6.07, 6.45) is 0.521. The highest BCUT2D eigenvalue weighted by Crippen LogP contribution is 2.26. The van der Waals surface area contributed by atoms with Crippen molar-refractivity contribution in [2.24, 2.45) is 10.5 Å². The standard InChI is InChI=1S/C29H32N2O9S/c1-19-24(13-20-7-5-4-6-8-20)26(35)31(30-19)22-11-9-21(10-12-22)27(36)38-14-23(33)15-39-28(37)29(2,3)17-41-16-25(34)40-18-32/h4-13,23,32-33H,14-18H2,1-3H3/b24-13-. The molecule has 0 spiro atoms. The Morgan fingerprint density at radius 2 is 1.68 bits per heavy atom. The van der Waals surface area contributed by atoms with Gasteiger partial charge in [-0.3, -0.25) is 14.4 Å². The highest BCUT2D eigenvalue weighted by molar-refractivity contribution is 7.99. The van der Waals surface area contributed by atoms with Crippen LogP contribution in [0.1, 0.15) is 36.7 Å². The Morgan fingerprint density at radius 1 is 1.02 bits per heavy atom. The minimum absolute atomic E-state index is 0.0373. The quantitative estimate of drug-likeness (QED) is 0.156. The van der Waals surface area contributed by atoms with E-state index in [1.807, 2.05) is 30.3 Å². The molecule has 1 amide bonds. The lowest BCUT2D eigenvalue weighted by Gasteiger charge is -2.22. The van der Waals surface area contributed by atoms with Gasteiger partial charge in [0, 0.05) is 5.75 Å². The molecule has 218 valence electrons. The van der Waals surface area contributed by atoms with Gasteiger partial charge < -0.3 is 24.4 Å². The molecule has 41 heavy (non-hydrogen) atoms. The summed E-state index contributed by atoms with van der Waals surface area (Å²) in [6.45, 7) is 3.49. The van der Waals surface area contributed by atoms with Gasteiger partial charge >= 0.3 is 17.9 Å². The number of carbonyl (C=O) groups is 4. The van der Waals surface area contributed by atoms with E-state index in [0.29, 0.717) is 17.0 Å². The maximum atomic E-state index is 13.0. The van der Waals surface area contributed by atoms with Crippen LogP contribution in [-0.2, 0) is 28.6 Å². The van der Waals surface area contributed by atoms with E-state index in [1.54, 1.807) is 39.0 Å². The van der Waals surface area contributed by atoms with Crippen LogP contribution in [0.3, 0.4) is 0 Å². The predicted molar refractivity (Wildman–Crippen MR) is 153 cm³/mol. The number of hydrazone groups is 1. The average Bonchev–Trinajstić information content (AvgIpc) is 3.23. The Hall–Kier alpha value is -4.00. The smallest absolute Gasteiger partial charge is 0.338 e. The van der Waals surface area contributed by atoms with Crippen LogP contribution in [0.2, 0.25) is 0 Å². The highest BCUT2D eigenvalue weighted by atomic mass is 32.2. The molecule has 0 saturated carbocycles. The molecule has 2 aromatic rings. The molecule has 0 radical (unpaired) electrons. The molecule has 12 heteroatoms. The molecule has 0 aliphatic carbocycles. The summed E-state index contributed by atoms with van der Waals surface area (Å²) < 4.78 is 14.7. The lowest BCUT2D eigenvalue weighted by Crippen LogP contribution is -2.33. The Bertz CT molecular complexity index is 1310. The van der Waals surface area contributed by atoms with E-state index in [1.165, 1.54) is 17.1 Å². The van der Waals surface area contributed by atoms with Crippen LogP contribution in [0.5, 0.6) is 0 Å². The molecule has 0 aromatic heterocycles. The lowest BCUT2D eigenvalue weighted by molar-refractivity contribution is -0.156. The maximum Gasteiger partial charge on any atom is 0.338 e. The molecular weight excluding hydrogens is 552 g/mol. The SMILES string of the molecule is CC1=NN(c2ccc(C(=O)OCC(O)COC(=O)C(C)(C)CSCC(=O)OCO)cc2)C(=O)/C1=C\c1ccccc1. The van der Waals surface area contributed by atoms with Crippen molar-refractivity contribution in [3.63, 3.8) is 0 Å². The zero-order chi connectivity index (χ0) is 30.0. The van der Waals surface area contributed by atoms with E-state index < -0.39 is 42.8 Å². The molecule has 1 aliphatic rings. The van der Waals surface area contributed by atoms with E-state index in [4.69, 9.17) is 14.6 Å². The second-order valence-corrected chi connectivity index (χ2v) is 10.7. The van der Waals surface area contributed by atoms with Gasteiger partial charge in [0.25, 0.3) is 5.91 Å². The van der Waals surface area contributed by atoms with Gasteiger partial charge in [-0.2, -0.15) is 10.1 Å². The van der Waals surface area contributed by atoms with Crippen molar-refractivity contribution in [1.82, 2.24) is 0 Å². The van der Waals surface area contributed by atoms with Crippen LogP contribution >= 0.6 is 11.8 Å². The van der Waals surface area contributed by atoms with Crippen LogP contribution in [0.4, 0.5) is 5.69 Å². The number of aliphatic hydroxyl groups is 2. The molecule has 1 aliphatic heterocycles. The zero-order valence-corrected chi connectivity index (χ0v) is 23.8. The Balaban J connectivity index is 1.46. The summed E-state index contributed by atoms with van der Waals surface area (Å²) in [5.74, 6) is -1.99. The van der Waals surface area contributed by atoms with Crippen LogP contribution in [0.25, 0.3) is 6.08 Å². The minimum Gasteiger partial charge on any atom is -0.462 e. The number of hydrogen-bond acceptors (Lipinski definition) is 11. The summed E-state index contributed by atoms with van der Waals surface area (Å²) >= 11 is 1.14. The Labute approximate surface area is 241 Å². The molecule has 0 bridgehead atoms. The molecule has 2 N–H and O–H groups in total. The van der Waals surface area contributed by atoms with Gasteiger partial charge in [-0.25, -0.2) is 4.79 Å². The third-order valence-electron chi connectivity index (χ3n) is 5.80. The fourth-order valence-electron chi connectivity index (χ4n) is 3.55. The number of esters is 3. The maximum absolute atomic E-state index is 13.0. The lowest BCUT2D eigenvalue weighted by atomic mass is 9.97. The first-order chi connectivity index (χ1) is 19.5. The summed E-state index contributed by atoms with van der Waals surface area (Å²) in [6, 6.07) is 15.5. The van der Waals surface area contributed by atoms with Crippen molar-refractivity contribution in [2.45, 2.75) is 26.9 Å². The van der Waals surface area contributed by atoms with Gasteiger partial charge in [0.15, 0.2) is 6.79 Å². The molecule has 0 fully saturated rings. The number of ether oxygens (including phenoxy) is 3. The van der Waals surface area contributed by atoms with Crippen molar-refractivity contribution in [3.8, 4) is 0 Å². The van der Waals surface area contributed by atoms with Crippen molar-refractivity contribution in [2.75, 3.05) is 36.5 Å². The third kappa shape index (κ3) is 9.00. The zero-order valence-electron chi connectivity index (χ0n) is 22.9. The normalized spacial score (nSPS) is 15.0. The molecule has 2 aromatic carbocycles. The molecular formula is C29H32N2O9S. The fourth-order valence-corrected chi connectivity index (χ4v) is 4.53. The second-order valence-electron chi connectivity index (χ2n) is 9.69. The summed E-state index contributed by atoms with van der Waals surface area (Å²) in [5, 5.41) is 24.3. The monoisotopic (exact) mass is 584 g/mol. The van der Waals surface area contributed by atoms with Gasteiger partial charge in [0.2, 0.25) is 0 Å². The summed E-state index contributed by atoms with van der Waals surface area (Å²) in [5.41, 5.74) is 1.63. The molecule has 1 unspecified atom stereocenters. The average molecular weight is 585 g/mol. The summed E-state index contributed by atoms with van der Waals surface area (Å²) in [7, 11) is 0. The predicted octanol–water partition coefficient (Wildman–Crippen LogP) is 2.81. The first-order valence-corrected chi connectivity index (χ1v) is 13.8. The van der Waals surface area contributed by atoms with Gasteiger partial charge in [-0.1, -0.05) is 30.3 Å². The van der Waals surface area contributed by atoms with Crippen LogP contribution in [-0.4, -0.2) is 77.4 Å². The molecule has 1 heterocycles. The number of thioether (sulfide) groups is 1. The van der Waals surface area contributed by atoms with Gasteiger partial charge in [-0.15, -0.1) is 11.8 Å². The second kappa shape index (κ2) is 14.6. The fraction of sp³-hybridized carbons (Fsp3) is 0.345. The Morgan fingerprint density at radius 3 is 2.34 bits per heavy atom. The van der Waals surface area contributed by atoms with Gasteiger partial charge in [0.05, 0.1) is 33.7 Å². The number of amides is 1. The third-order valence-corrected chi connectivity index (χ3v) is 7.16. The first kappa shape index (κ1) is 31.5. The van der Waals surface area contributed by atoms with Gasteiger partial charge in [0.1, 0.15) is 19.3 Å². The molecule has 0 saturated heterocycles. The summed E-state index contributed by atoms with van der Waals surface area (Å²) in [4.78, 5) is 49.1.